The highest BCUT2D eigenvalue weighted by Gasteiger charge is 2.10. The number of ether oxygens (including phenoxy) is 1. The van der Waals surface area contributed by atoms with Crippen molar-refractivity contribution in [1.82, 2.24) is 0 Å². The van der Waals surface area contributed by atoms with Crippen LogP contribution in [0.2, 0.25) is 0 Å². The van der Waals surface area contributed by atoms with Crippen LogP contribution in [0.15, 0.2) is 46.9 Å². The molecular formula is C22H27BrN2O3. The van der Waals surface area contributed by atoms with Gasteiger partial charge in [-0.25, -0.2) is 0 Å². The number of carbonyl (C=O) groups is 2. The van der Waals surface area contributed by atoms with Gasteiger partial charge in [-0.3, -0.25) is 9.59 Å². The summed E-state index contributed by atoms with van der Waals surface area (Å²) in [6, 6.07) is 12.4. The second-order valence-electron chi connectivity index (χ2n) is 6.49. The molecule has 5 nitrogen and oxygen atoms in total. The van der Waals surface area contributed by atoms with E-state index in [0.717, 1.165) is 23.1 Å². The lowest BCUT2D eigenvalue weighted by Gasteiger charge is -2.11. The molecule has 6 heteroatoms. The fraction of sp³-hybridized carbons (Fsp3) is 0.364. The van der Waals surface area contributed by atoms with Gasteiger partial charge in [0.15, 0.2) is 0 Å². The molecule has 0 saturated carbocycles. The molecule has 150 valence electrons. The molecule has 0 spiro atoms. The fourth-order valence-electron chi connectivity index (χ4n) is 2.60. The van der Waals surface area contributed by atoms with E-state index in [0.29, 0.717) is 30.0 Å². The van der Waals surface area contributed by atoms with E-state index in [-0.39, 0.29) is 11.8 Å². The molecule has 0 saturated heterocycles. The number of halogens is 1. The summed E-state index contributed by atoms with van der Waals surface area (Å²) < 4.78 is 6.53. The largest absolute Gasteiger partial charge is 0.492 e. The Morgan fingerprint density at radius 3 is 2.39 bits per heavy atom. The number of nitrogens with one attached hydrogen (secondary N) is 2. The molecule has 2 aromatic rings. The highest BCUT2D eigenvalue weighted by Crippen LogP contribution is 2.27. The van der Waals surface area contributed by atoms with Gasteiger partial charge in [0, 0.05) is 23.4 Å². The van der Waals surface area contributed by atoms with Crippen molar-refractivity contribution >= 4 is 39.1 Å². The molecule has 2 amide bonds. The second kappa shape index (κ2) is 11.5. The van der Waals surface area contributed by atoms with Crippen LogP contribution in [0.25, 0.3) is 0 Å². The van der Waals surface area contributed by atoms with Gasteiger partial charge in [0.25, 0.3) is 5.91 Å². The molecule has 0 aliphatic rings. The monoisotopic (exact) mass is 446 g/mol. The molecule has 2 N–H and O–H groups in total. The minimum absolute atomic E-state index is 0.0716. The molecule has 28 heavy (non-hydrogen) atoms. The van der Waals surface area contributed by atoms with Crippen molar-refractivity contribution in [1.29, 1.82) is 0 Å². The first-order valence-electron chi connectivity index (χ1n) is 9.67. The van der Waals surface area contributed by atoms with Crippen LogP contribution < -0.4 is 15.4 Å². The predicted molar refractivity (Wildman–Crippen MR) is 117 cm³/mol. The summed E-state index contributed by atoms with van der Waals surface area (Å²) in [5, 5.41) is 5.63. The average molecular weight is 447 g/mol. The van der Waals surface area contributed by atoms with Crippen molar-refractivity contribution in [2.75, 3.05) is 17.2 Å². The minimum Gasteiger partial charge on any atom is -0.492 e. The summed E-state index contributed by atoms with van der Waals surface area (Å²) >= 11 is 3.48. The number of unbranched alkanes of at least 4 members (excludes halogenated alkanes) is 3. The standard InChI is InChI=1S/C22H27BrN2O3/c1-3-5-6-7-13-28-20-12-11-16(14-19(20)23)22(27)25-18-10-8-9-17(15-18)24-21(26)4-2/h8-12,14-15H,3-7,13H2,1-2H3,(H,24,26)(H,25,27). The fourth-order valence-corrected chi connectivity index (χ4v) is 3.09. The molecular weight excluding hydrogens is 420 g/mol. The highest BCUT2D eigenvalue weighted by atomic mass is 79.9. The van der Waals surface area contributed by atoms with Crippen LogP contribution in [0.5, 0.6) is 5.75 Å². The first-order valence-corrected chi connectivity index (χ1v) is 10.5. The normalized spacial score (nSPS) is 10.4. The number of benzene rings is 2. The Balaban J connectivity index is 1.96. The summed E-state index contributed by atoms with van der Waals surface area (Å²) in [7, 11) is 0. The number of hydrogen-bond donors (Lipinski definition) is 2. The third kappa shape index (κ3) is 7.00. The topological polar surface area (TPSA) is 67.4 Å². The first-order chi connectivity index (χ1) is 13.5. The minimum atomic E-state index is -0.228. The number of amides is 2. The van der Waals surface area contributed by atoms with Crippen molar-refractivity contribution in [2.45, 2.75) is 46.0 Å². The summed E-state index contributed by atoms with van der Waals surface area (Å²) in [4.78, 5) is 24.1. The van der Waals surface area contributed by atoms with Gasteiger partial charge in [-0.2, -0.15) is 0 Å². The molecule has 0 unspecified atom stereocenters. The lowest BCUT2D eigenvalue weighted by Crippen LogP contribution is -2.13. The Kier molecular flexibility index (Phi) is 9.01. The van der Waals surface area contributed by atoms with Crippen LogP contribution in [0.4, 0.5) is 11.4 Å². The molecule has 2 rings (SSSR count). The SMILES string of the molecule is CCCCCCOc1ccc(C(=O)Nc2cccc(NC(=O)CC)c2)cc1Br. The molecule has 0 radical (unpaired) electrons. The molecule has 0 bridgehead atoms. The van der Waals surface area contributed by atoms with Crippen LogP contribution in [0.1, 0.15) is 56.3 Å². The zero-order chi connectivity index (χ0) is 20.4. The van der Waals surface area contributed by atoms with E-state index in [1.165, 1.54) is 12.8 Å². The summed E-state index contributed by atoms with van der Waals surface area (Å²) in [6.07, 6.45) is 4.99. The molecule has 0 aliphatic carbocycles. The molecule has 2 aromatic carbocycles. The van der Waals surface area contributed by atoms with Gasteiger partial charge in [0.1, 0.15) is 5.75 Å². The van der Waals surface area contributed by atoms with Gasteiger partial charge in [-0.15, -0.1) is 0 Å². The van der Waals surface area contributed by atoms with E-state index < -0.39 is 0 Å². The van der Waals surface area contributed by atoms with Crippen LogP contribution in [-0.2, 0) is 4.79 Å². The number of carbonyl (C=O) groups excluding carboxylic acids is 2. The van der Waals surface area contributed by atoms with Crippen molar-refractivity contribution in [3.63, 3.8) is 0 Å². The van der Waals surface area contributed by atoms with Crippen LogP contribution in [0, 0.1) is 0 Å². The Bertz CT molecular complexity index is 808. The maximum Gasteiger partial charge on any atom is 0.255 e. The summed E-state index contributed by atoms with van der Waals surface area (Å²) in [6.45, 7) is 4.64. The van der Waals surface area contributed by atoms with Crippen LogP contribution in [-0.4, -0.2) is 18.4 Å². The number of anilines is 2. The zero-order valence-corrected chi connectivity index (χ0v) is 18.0. The average Bonchev–Trinajstić information content (AvgIpc) is 2.69. The third-order valence-electron chi connectivity index (χ3n) is 4.17. The Hall–Kier alpha value is -2.34. The van der Waals surface area contributed by atoms with Gasteiger partial charge in [0.05, 0.1) is 11.1 Å². The Morgan fingerprint density at radius 1 is 0.964 bits per heavy atom. The quantitative estimate of drug-likeness (QED) is 0.439. The van der Waals surface area contributed by atoms with E-state index in [4.69, 9.17) is 4.74 Å². The van der Waals surface area contributed by atoms with Crippen molar-refractivity contribution < 1.29 is 14.3 Å². The lowest BCUT2D eigenvalue weighted by atomic mass is 10.2. The van der Waals surface area contributed by atoms with Gasteiger partial charge >= 0.3 is 0 Å². The van der Waals surface area contributed by atoms with E-state index in [2.05, 4.69) is 33.5 Å². The second-order valence-corrected chi connectivity index (χ2v) is 7.35. The summed E-state index contributed by atoms with van der Waals surface area (Å²) in [5.74, 6) is 0.434. The van der Waals surface area contributed by atoms with Crippen molar-refractivity contribution in [3.8, 4) is 5.75 Å². The molecule has 0 aromatic heterocycles. The third-order valence-corrected chi connectivity index (χ3v) is 4.79. The molecule has 0 heterocycles. The molecule has 0 aliphatic heterocycles. The van der Waals surface area contributed by atoms with Crippen LogP contribution in [0.3, 0.4) is 0 Å². The van der Waals surface area contributed by atoms with Gasteiger partial charge in [-0.1, -0.05) is 39.2 Å². The van der Waals surface area contributed by atoms with Crippen molar-refractivity contribution in [2.24, 2.45) is 0 Å². The maximum absolute atomic E-state index is 12.5. The van der Waals surface area contributed by atoms with Crippen molar-refractivity contribution in [3.05, 3.63) is 52.5 Å². The van der Waals surface area contributed by atoms with Crippen LogP contribution >= 0.6 is 15.9 Å². The zero-order valence-electron chi connectivity index (χ0n) is 16.4. The van der Waals surface area contributed by atoms with Gasteiger partial charge in [0.2, 0.25) is 5.91 Å². The lowest BCUT2D eigenvalue weighted by molar-refractivity contribution is -0.115. The summed E-state index contributed by atoms with van der Waals surface area (Å²) in [5.41, 5.74) is 1.79. The van der Waals surface area contributed by atoms with E-state index in [1.807, 2.05) is 0 Å². The number of rotatable bonds is 10. The maximum atomic E-state index is 12.5. The highest BCUT2D eigenvalue weighted by molar-refractivity contribution is 9.10. The van der Waals surface area contributed by atoms with E-state index in [9.17, 15) is 9.59 Å². The smallest absolute Gasteiger partial charge is 0.255 e. The van der Waals surface area contributed by atoms with Gasteiger partial charge in [-0.05, 0) is 58.7 Å². The van der Waals surface area contributed by atoms with Gasteiger partial charge < -0.3 is 15.4 Å². The molecule has 0 fully saturated rings. The Morgan fingerprint density at radius 2 is 1.71 bits per heavy atom. The first kappa shape index (κ1) is 22.0. The number of hydrogen-bond acceptors (Lipinski definition) is 3. The van der Waals surface area contributed by atoms with E-state index in [1.54, 1.807) is 49.4 Å². The predicted octanol–water partition coefficient (Wildman–Crippen LogP) is 6.01. The molecule has 0 atom stereocenters. The Labute approximate surface area is 175 Å². The van der Waals surface area contributed by atoms with E-state index >= 15 is 0 Å².